The summed E-state index contributed by atoms with van der Waals surface area (Å²) in [5.74, 6) is 1.70. The van der Waals surface area contributed by atoms with E-state index in [9.17, 15) is 5.11 Å². The summed E-state index contributed by atoms with van der Waals surface area (Å²) in [6, 6.07) is 8.80. The number of benzene rings is 1. The highest BCUT2D eigenvalue weighted by atomic mass is 16.3. The highest BCUT2D eigenvalue weighted by Crippen LogP contribution is 2.32. The van der Waals surface area contributed by atoms with Crippen LogP contribution in [0.2, 0.25) is 0 Å². The van der Waals surface area contributed by atoms with Gasteiger partial charge in [-0.05, 0) is 71.9 Å². The molecule has 1 heterocycles. The van der Waals surface area contributed by atoms with Crippen LogP contribution < -0.4 is 0 Å². The number of aromatic nitrogens is 1. The number of unbranched alkanes of at least 4 members (excludes halogenated alkanes) is 1. The average Bonchev–Trinajstić information content (AvgIpc) is 3.64. The Kier molecular flexibility index (Phi) is 12.6. The van der Waals surface area contributed by atoms with Crippen LogP contribution in [0.3, 0.4) is 0 Å². The summed E-state index contributed by atoms with van der Waals surface area (Å²) >= 11 is 0. The molecule has 3 rings (SSSR count). The van der Waals surface area contributed by atoms with Gasteiger partial charge in [-0.3, -0.25) is 4.98 Å². The van der Waals surface area contributed by atoms with Gasteiger partial charge in [0.2, 0.25) is 0 Å². The summed E-state index contributed by atoms with van der Waals surface area (Å²) in [5, 5.41) is 9.44. The predicted octanol–water partition coefficient (Wildman–Crippen LogP) is 8.24. The van der Waals surface area contributed by atoms with Gasteiger partial charge >= 0.3 is 0 Å². The number of hydrogen-bond acceptors (Lipinski definition) is 2. The number of nitrogens with zero attached hydrogens (tertiary/aromatic N) is 1. The Balaban J connectivity index is 0.000000550. The van der Waals surface area contributed by atoms with E-state index in [0.29, 0.717) is 5.92 Å². The molecule has 2 nitrogen and oxygen atoms in total. The Labute approximate surface area is 186 Å². The molecule has 0 spiro atoms. The lowest BCUT2D eigenvalue weighted by Crippen LogP contribution is -1.99. The van der Waals surface area contributed by atoms with Crippen molar-refractivity contribution in [3.8, 4) is 11.1 Å². The number of aliphatic hydroxyl groups is 1. The van der Waals surface area contributed by atoms with Crippen molar-refractivity contribution in [1.82, 2.24) is 4.98 Å². The summed E-state index contributed by atoms with van der Waals surface area (Å²) in [7, 11) is 0. The number of aryl methyl sites for hydroxylation is 2. The van der Waals surface area contributed by atoms with E-state index < -0.39 is 0 Å². The molecule has 1 aromatic carbocycles. The number of hydrogen-bond donors (Lipinski definition) is 1. The van der Waals surface area contributed by atoms with Gasteiger partial charge in [0.1, 0.15) is 0 Å². The molecular weight excluding hydrogens is 366 g/mol. The molecule has 1 aromatic heterocycles. The topological polar surface area (TPSA) is 33.1 Å². The maximum atomic E-state index is 9.44. The normalized spacial score (nSPS) is 13.6. The fourth-order valence-corrected chi connectivity index (χ4v) is 3.53. The SMILES string of the molecule is CC.CCC1CC1.CCCCc1cnc(CO)cc1-c1ccc(C)c(C(C)CC)c1. The highest BCUT2D eigenvalue weighted by molar-refractivity contribution is 5.69. The molecule has 1 unspecified atom stereocenters. The van der Waals surface area contributed by atoms with Gasteiger partial charge < -0.3 is 5.11 Å². The minimum Gasteiger partial charge on any atom is -0.390 e. The molecule has 30 heavy (non-hydrogen) atoms. The smallest absolute Gasteiger partial charge is 0.0853 e. The standard InChI is InChI=1S/C21H29NO.C5H10.C2H6/c1-5-7-8-18-13-22-19(14-23)12-21(18)17-10-9-16(4)20(11-17)15(3)6-2;1-2-5-3-4-5;1-2/h9-13,15,23H,5-8,14H2,1-4H3;5H,2-4H2,1H3;1-2H3. The van der Waals surface area contributed by atoms with Crippen molar-refractivity contribution in [2.45, 2.75) is 106 Å². The van der Waals surface area contributed by atoms with E-state index >= 15 is 0 Å². The van der Waals surface area contributed by atoms with Crippen molar-refractivity contribution in [3.05, 3.63) is 52.8 Å². The van der Waals surface area contributed by atoms with Crippen molar-refractivity contribution >= 4 is 0 Å². The Bertz CT molecular complexity index is 733. The number of aliphatic hydroxyl groups excluding tert-OH is 1. The van der Waals surface area contributed by atoms with Crippen molar-refractivity contribution in [2.24, 2.45) is 5.92 Å². The lowest BCUT2D eigenvalue weighted by atomic mass is 9.89. The fraction of sp³-hybridized carbons (Fsp3) is 0.607. The van der Waals surface area contributed by atoms with Gasteiger partial charge in [0.05, 0.1) is 12.3 Å². The van der Waals surface area contributed by atoms with Crippen molar-refractivity contribution in [3.63, 3.8) is 0 Å². The zero-order chi connectivity index (χ0) is 22.5. The Morgan fingerprint density at radius 1 is 1.10 bits per heavy atom. The molecule has 1 aliphatic carbocycles. The van der Waals surface area contributed by atoms with E-state index in [4.69, 9.17) is 0 Å². The van der Waals surface area contributed by atoms with Crippen molar-refractivity contribution < 1.29 is 5.11 Å². The Morgan fingerprint density at radius 2 is 1.80 bits per heavy atom. The molecule has 1 aliphatic rings. The zero-order valence-corrected chi connectivity index (χ0v) is 20.6. The minimum absolute atomic E-state index is 0.00879. The fourth-order valence-electron chi connectivity index (χ4n) is 3.53. The molecule has 168 valence electrons. The first kappa shape index (κ1) is 26.4. The Morgan fingerprint density at radius 3 is 2.30 bits per heavy atom. The van der Waals surface area contributed by atoms with Gasteiger partial charge in [-0.1, -0.05) is 85.4 Å². The first-order valence-electron chi connectivity index (χ1n) is 12.2. The average molecular weight is 412 g/mol. The van der Waals surface area contributed by atoms with E-state index in [0.717, 1.165) is 30.9 Å². The van der Waals surface area contributed by atoms with Gasteiger partial charge in [-0.2, -0.15) is 0 Å². The monoisotopic (exact) mass is 411 g/mol. The molecule has 0 radical (unpaired) electrons. The minimum atomic E-state index is -0.00879. The van der Waals surface area contributed by atoms with Crippen molar-refractivity contribution in [2.75, 3.05) is 0 Å². The highest BCUT2D eigenvalue weighted by Gasteiger charge is 2.17. The van der Waals surface area contributed by atoms with Gasteiger partial charge in [0.15, 0.2) is 0 Å². The van der Waals surface area contributed by atoms with E-state index in [1.165, 1.54) is 53.5 Å². The van der Waals surface area contributed by atoms with E-state index in [1.54, 1.807) is 0 Å². The zero-order valence-electron chi connectivity index (χ0n) is 20.6. The van der Waals surface area contributed by atoms with E-state index in [-0.39, 0.29) is 6.61 Å². The third kappa shape index (κ3) is 8.22. The second-order valence-corrected chi connectivity index (χ2v) is 8.33. The number of pyridine rings is 1. The molecule has 2 aromatic rings. The van der Waals surface area contributed by atoms with Crippen LogP contribution in [-0.4, -0.2) is 10.1 Å². The van der Waals surface area contributed by atoms with Crippen LogP contribution in [-0.2, 0) is 13.0 Å². The van der Waals surface area contributed by atoms with Crippen LogP contribution in [0, 0.1) is 12.8 Å². The predicted molar refractivity (Wildman–Crippen MR) is 132 cm³/mol. The molecule has 0 amide bonds. The first-order valence-corrected chi connectivity index (χ1v) is 12.2. The van der Waals surface area contributed by atoms with Crippen LogP contribution in [0.25, 0.3) is 11.1 Å². The molecule has 1 N–H and O–H groups in total. The van der Waals surface area contributed by atoms with E-state index in [2.05, 4.69) is 63.9 Å². The largest absolute Gasteiger partial charge is 0.390 e. The van der Waals surface area contributed by atoms with Gasteiger partial charge in [0, 0.05) is 6.20 Å². The second-order valence-electron chi connectivity index (χ2n) is 8.33. The Hall–Kier alpha value is -1.67. The summed E-state index contributed by atoms with van der Waals surface area (Å²) in [6.45, 7) is 15.2. The van der Waals surface area contributed by atoms with Crippen LogP contribution in [0.15, 0.2) is 30.5 Å². The molecule has 0 bridgehead atoms. The maximum absolute atomic E-state index is 9.44. The quantitative estimate of drug-likeness (QED) is 0.474. The molecule has 1 saturated carbocycles. The molecule has 1 fully saturated rings. The lowest BCUT2D eigenvalue weighted by Gasteiger charge is -2.16. The van der Waals surface area contributed by atoms with E-state index in [1.807, 2.05) is 20.0 Å². The van der Waals surface area contributed by atoms with Crippen molar-refractivity contribution in [1.29, 1.82) is 0 Å². The van der Waals surface area contributed by atoms with Crippen LogP contribution in [0.4, 0.5) is 0 Å². The summed E-state index contributed by atoms with van der Waals surface area (Å²) in [4.78, 5) is 4.38. The summed E-state index contributed by atoms with van der Waals surface area (Å²) in [6.07, 6.45) is 10.9. The molecule has 0 aliphatic heterocycles. The van der Waals surface area contributed by atoms with Crippen LogP contribution in [0.1, 0.15) is 108 Å². The third-order valence-corrected chi connectivity index (χ3v) is 6.01. The first-order chi connectivity index (χ1) is 14.5. The lowest BCUT2D eigenvalue weighted by molar-refractivity contribution is 0.277. The maximum Gasteiger partial charge on any atom is 0.0853 e. The molecule has 0 saturated heterocycles. The summed E-state index contributed by atoms with van der Waals surface area (Å²) < 4.78 is 0. The van der Waals surface area contributed by atoms with Gasteiger partial charge in [-0.25, -0.2) is 0 Å². The van der Waals surface area contributed by atoms with Crippen LogP contribution >= 0.6 is 0 Å². The molecule has 2 heteroatoms. The molecule has 1 atom stereocenters. The second kappa shape index (κ2) is 14.4. The van der Waals surface area contributed by atoms with Gasteiger partial charge in [-0.15, -0.1) is 0 Å². The number of rotatable bonds is 8. The molecular formula is C28H45NO. The summed E-state index contributed by atoms with van der Waals surface area (Å²) in [5.41, 5.74) is 7.27. The third-order valence-electron chi connectivity index (χ3n) is 6.01. The van der Waals surface area contributed by atoms with Crippen LogP contribution in [0.5, 0.6) is 0 Å². The van der Waals surface area contributed by atoms with Gasteiger partial charge in [0.25, 0.3) is 0 Å².